The number of nitrogens with zero attached hydrogens (tertiary/aromatic N) is 12. The van der Waals surface area contributed by atoms with Gasteiger partial charge in [-0.2, -0.15) is 15.0 Å². The van der Waals surface area contributed by atoms with Crippen LogP contribution >= 0.6 is 11.6 Å². The summed E-state index contributed by atoms with van der Waals surface area (Å²) in [5.74, 6) is 3.84. The first-order valence-corrected chi connectivity index (χ1v) is 42.4. The summed E-state index contributed by atoms with van der Waals surface area (Å²) in [6.45, 7) is 32.0. The molecule has 8 heterocycles. The van der Waals surface area contributed by atoms with Crippen LogP contribution in [0.1, 0.15) is 209 Å². The molecule has 0 amide bonds. The SMILES string of the molecule is C=c1nc2c(c(=O)[nH]1)=Nc1cc(CC)c(C)cc1N2CCC(C)c1ccc(Cl)cc1.Cc1ccc(C(C)CCn2c3nc(=O)[nH]c(=O)c-3nc3cc(C(C)C)ccc32)cc1.Cc1ccc(C(C)CCn2c3nc(=O)[nH]c(=O)c-3nc3cc(C(C)C)ccc32)cc1.Cc1ccc(CCCn2c3nc(=O)[nH]c(=O)c-3nc3cc(C4CCCC4)ccc32)cc1. The number of halogens is 1. The molecule has 1 saturated carbocycles. The quantitative estimate of drug-likeness (QED) is 0.0516. The molecule has 121 heavy (non-hydrogen) atoms. The predicted octanol–water partition coefficient (Wildman–Crippen LogP) is 16.9. The Kier molecular flexibility index (Phi) is 25.8. The van der Waals surface area contributed by atoms with Crippen LogP contribution in [0.25, 0.3) is 74.2 Å². The zero-order chi connectivity index (χ0) is 85.6. The number of hydrogen-bond acceptors (Lipinski definition) is 16. The van der Waals surface area contributed by atoms with E-state index in [9.17, 15) is 33.6 Å². The molecule has 4 N–H and O–H groups in total. The van der Waals surface area contributed by atoms with Crippen LogP contribution in [0.4, 0.5) is 17.2 Å². The Morgan fingerprint density at radius 1 is 0.446 bits per heavy atom. The number of aromatic amines is 4. The van der Waals surface area contributed by atoms with Crippen molar-refractivity contribution in [1.29, 1.82) is 0 Å². The molecule has 620 valence electrons. The van der Waals surface area contributed by atoms with Crippen LogP contribution in [-0.2, 0) is 32.5 Å². The van der Waals surface area contributed by atoms with Crippen molar-refractivity contribution in [3.05, 3.63) is 319 Å². The highest BCUT2D eigenvalue weighted by Crippen LogP contribution is 2.40. The van der Waals surface area contributed by atoms with E-state index in [0.29, 0.717) is 95.8 Å². The molecule has 17 rings (SSSR count). The predicted molar refractivity (Wildman–Crippen MR) is 483 cm³/mol. The Morgan fingerprint density at radius 2 is 0.860 bits per heavy atom. The van der Waals surface area contributed by atoms with Gasteiger partial charge in [-0.25, -0.2) is 39.3 Å². The Bertz CT molecular complexity index is 6580. The van der Waals surface area contributed by atoms with Crippen LogP contribution in [0.3, 0.4) is 0 Å². The minimum absolute atomic E-state index is 0.200. The summed E-state index contributed by atoms with van der Waals surface area (Å²) in [5, 5.41) is 1.08. The number of fused-ring (bicyclic) bond motifs is 8. The van der Waals surface area contributed by atoms with E-state index in [1.807, 2.05) is 50.1 Å². The highest BCUT2D eigenvalue weighted by atomic mass is 35.5. The second-order valence-corrected chi connectivity index (χ2v) is 33.5. The highest BCUT2D eigenvalue weighted by Gasteiger charge is 2.28. The first-order valence-electron chi connectivity index (χ1n) is 42.0. The fourth-order valence-electron chi connectivity index (χ4n) is 16.3. The molecule has 0 spiro atoms. The number of aryl methyl sites for hydroxylation is 9. The van der Waals surface area contributed by atoms with E-state index in [4.69, 9.17) is 11.6 Å². The van der Waals surface area contributed by atoms with Crippen LogP contribution in [0.5, 0.6) is 0 Å². The molecule has 1 fully saturated rings. The number of anilines is 2. The molecule has 8 aromatic carbocycles. The minimum atomic E-state index is -0.646. The Labute approximate surface area is 705 Å². The number of benzene rings is 8. The van der Waals surface area contributed by atoms with Gasteiger partial charge in [0.25, 0.3) is 22.2 Å². The number of nitrogens with one attached hydrogen (secondary N) is 4. The molecule has 8 aliphatic rings. The monoisotopic (exact) mass is 1640 g/mol. The van der Waals surface area contributed by atoms with E-state index in [2.05, 4.69) is 282 Å². The summed E-state index contributed by atoms with van der Waals surface area (Å²) in [4.78, 5) is 132. The topological polar surface area (TPSA) is 303 Å². The van der Waals surface area contributed by atoms with Crippen molar-refractivity contribution in [2.24, 2.45) is 4.99 Å². The summed E-state index contributed by atoms with van der Waals surface area (Å²) in [5.41, 5.74) is 18.8. The van der Waals surface area contributed by atoms with Crippen LogP contribution in [0, 0.1) is 27.7 Å². The largest absolute Gasteiger partial charge is 0.349 e. The van der Waals surface area contributed by atoms with Crippen molar-refractivity contribution < 1.29 is 0 Å². The second kappa shape index (κ2) is 36.8. The maximum atomic E-state index is 12.6. The fraction of sp³-hybridized carbons (Fsp3) is 0.330. The average Bonchev–Trinajstić information content (AvgIpc) is 1.10. The number of aromatic nitrogens is 14. The average molecular weight is 1640 g/mol. The van der Waals surface area contributed by atoms with Gasteiger partial charge < -0.3 is 23.6 Å². The van der Waals surface area contributed by atoms with Gasteiger partial charge in [0.15, 0.2) is 45.7 Å². The minimum Gasteiger partial charge on any atom is -0.322 e. The van der Waals surface area contributed by atoms with Crippen molar-refractivity contribution in [2.75, 3.05) is 11.4 Å². The standard InChI is InChI=1S/C25H26N4O2.C24H25ClN4O.2C24H26N4O2/c1-16-8-10-17(11-9-16)5-4-14-29-21-13-12-19(18-6-2-3-7-18)15-20(21)26-22-23(29)27-25(31)28-24(22)30;1-5-17-13-20-21(12-15(17)3)29(23-22(28-20)24(30)27-16(4)26-23)11-10-14(2)18-6-8-19(25)9-7-18;2*1-14(2)18-9-10-20-19(13-18)25-21-22(26-24(30)27-23(21)29)28(20)12-11-16(4)17-7-5-15(3)6-8-17/h8-13,15,18H,2-7,14H2,1H3,(H,28,30,31);6-9,12-14H,4-5,10-11H2,1-3H3,(H,27,30);2*5-10,13-14,16H,11-12H2,1-4H3,(H,27,29,30). The molecule has 0 bridgehead atoms. The first-order chi connectivity index (χ1) is 58.1. The van der Waals surface area contributed by atoms with E-state index in [1.54, 1.807) is 0 Å². The molecule has 9 aromatic rings. The van der Waals surface area contributed by atoms with Gasteiger partial charge in [0, 0.05) is 31.2 Å². The molecule has 23 nitrogen and oxygen atoms in total. The number of H-pyrrole nitrogens is 4. The molecule has 3 unspecified atom stereocenters. The zero-order valence-electron chi connectivity index (χ0n) is 70.8. The Morgan fingerprint density at radius 3 is 1.31 bits per heavy atom. The van der Waals surface area contributed by atoms with E-state index in [-0.39, 0.29) is 22.6 Å². The van der Waals surface area contributed by atoms with Gasteiger partial charge in [0.2, 0.25) is 0 Å². The molecule has 3 atom stereocenters. The van der Waals surface area contributed by atoms with Crippen molar-refractivity contribution in [2.45, 2.75) is 202 Å². The molecular formula is C97H103ClN16O7. The maximum Gasteiger partial charge on any atom is 0.349 e. The molecule has 1 aromatic heterocycles. The normalized spacial score (nSPS) is 13.4. The summed E-state index contributed by atoms with van der Waals surface area (Å²) in [6.07, 6.45) is 10.2. The van der Waals surface area contributed by atoms with E-state index >= 15 is 0 Å². The number of hydrogen-bond donors (Lipinski definition) is 4. The van der Waals surface area contributed by atoms with Crippen molar-refractivity contribution in [3.8, 4) is 34.6 Å². The van der Waals surface area contributed by atoms with Gasteiger partial charge >= 0.3 is 17.1 Å². The second-order valence-electron chi connectivity index (χ2n) is 33.1. The number of rotatable bonds is 20. The van der Waals surface area contributed by atoms with Gasteiger partial charge in [-0.15, -0.1) is 0 Å². The van der Waals surface area contributed by atoms with E-state index in [0.717, 1.165) is 99.1 Å². The third-order valence-corrected chi connectivity index (χ3v) is 23.9. The fourth-order valence-corrected chi connectivity index (χ4v) is 16.4. The molecule has 7 aliphatic heterocycles. The summed E-state index contributed by atoms with van der Waals surface area (Å²) in [6, 6.07) is 56.4. The van der Waals surface area contributed by atoms with Gasteiger partial charge in [0.05, 0.1) is 44.5 Å². The first kappa shape index (κ1) is 84.7. The van der Waals surface area contributed by atoms with Crippen molar-refractivity contribution in [1.82, 2.24) is 68.5 Å². The van der Waals surface area contributed by atoms with E-state index in [1.165, 1.54) is 81.3 Å². The highest BCUT2D eigenvalue weighted by molar-refractivity contribution is 6.30. The third-order valence-electron chi connectivity index (χ3n) is 23.6. The molecule has 24 heteroatoms. The lowest BCUT2D eigenvalue weighted by molar-refractivity contribution is 0.582. The Hall–Kier alpha value is -12.8. The zero-order valence-corrected chi connectivity index (χ0v) is 71.5. The Balaban J connectivity index is 0.000000132. The van der Waals surface area contributed by atoms with Crippen molar-refractivity contribution >= 4 is 68.5 Å². The van der Waals surface area contributed by atoms with Crippen LogP contribution in [0.2, 0.25) is 5.02 Å². The molecule has 0 saturated heterocycles. The van der Waals surface area contributed by atoms with Gasteiger partial charge in [-0.05, 0) is 225 Å². The van der Waals surface area contributed by atoms with Crippen molar-refractivity contribution in [3.63, 3.8) is 0 Å². The van der Waals surface area contributed by atoms with Gasteiger partial charge in [-0.1, -0.05) is 206 Å². The van der Waals surface area contributed by atoms with Gasteiger partial charge in [0.1, 0.15) is 5.48 Å². The van der Waals surface area contributed by atoms with Crippen LogP contribution in [-0.4, -0.2) is 75.1 Å². The molecular weight excluding hydrogens is 1540 g/mol. The lowest BCUT2D eigenvalue weighted by Gasteiger charge is -2.29. The molecule has 1 aliphatic carbocycles. The van der Waals surface area contributed by atoms with E-state index < -0.39 is 33.7 Å². The smallest absolute Gasteiger partial charge is 0.322 e. The lowest BCUT2D eigenvalue weighted by atomic mass is 9.96. The summed E-state index contributed by atoms with van der Waals surface area (Å²) < 4.78 is 5.91. The summed E-state index contributed by atoms with van der Waals surface area (Å²) in [7, 11) is 0. The van der Waals surface area contributed by atoms with Gasteiger partial charge in [-0.3, -0.25) is 34.1 Å². The third kappa shape index (κ3) is 19.3. The lowest BCUT2D eigenvalue weighted by Crippen LogP contribution is -2.42. The van der Waals surface area contributed by atoms with Crippen LogP contribution in [0.15, 0.2) is 202 Å². The molecule has 0 radical (unpaired) electrons. The maximum absolute atomic E-state index is 12.6. The summed E-state index contributed by atoms with van der Waals surface area (Å²) >= 11 is 6.03. The van der Waals surface area contributed by atoms with Crippen LogP contribution < -0.4 is 55.0 Å².